The first-order valence-electron chi connectivity index (χ1n) is 10.1. The van der Waals surface area contributed by atoms with Gasteiger partial charge in [0.05, 0.1) is 6.10 Å². The highest BCUT2D eigenvalue weighted by atomic mass is 16.5. The maximum absolute atomic E-state index is 6.18. The highest BCUT2D eigenvalue weighted by molar-refractivity contribution is 5.46. The molecule has 3 heteroatoms. The van der Waals surface area contributed by atoms with Crippen LogP contribution in [-0.2, 0) is 17.6 Å². The van der Waals surface area contributed by atoms with Crippen molar-refractivity contribution in [2.24, 2.45) is 0 Å². The molecular weight excluding hydrogens is 320 g/mol. The van der Waals surface area contributed by atoms with Crippen LogP contribution in [0.15, 0.2) is 54.6 Å². The zero-order chi connectivity index (χ0) is 17.6. The number of ether oxygens (including phenoxy) is 1. The van der Waals surface area contributed by atoms with Crippen LogP contribution in [0.3, 0.4) is 0 Å². The number of piperazine rings is 1. The fourth-order valence-corrected chi connectivity index (χ4v) is 4.21. The number of anilines is 1. The van der Waals surface area contributed by atoms with E-state index in [1.807, 2.05) is 0 Å². The van der Waals surface area contributed by atoms with Gasteiger partial charge in [-0.3, -0.25) is 4.90 Å². The van der Waals surface area contributed by atoms with Gasteiger partial charge in [0.2, 0.25) is 0 Å². The smallest absolute Gasteiger partial charge is 0.0618 e. The van der Waals surface area contributed by atoms with Crippen LogP contribution < -0.4 is 4.90 Å². The quantitative estimate of drug-likeness (QED) is 0.738. The number of nitrogens with zero attached hydrogens (tertiary/aromatic N) is 2. The molecule has 0 bridgehead atoms. The Hall–Kier alpha value is -1.84. The third kappa shape index (κ3) is 4.46. The van der Waals surface area contributed by atoms with Gasteiger partial charge in [0, 0.05) is 45.0 Å². The van der Waals surface area contributed by atoms with E-state index in [2.05, 4.69) is 64.4 Å². The molecular formula is C23H30N2O. The number of hydrogen-bond donors (Lipinski definition) is 0. The van der Waals surface area contributed by atoms with E-state index in [1.54, 1.807) is 0 Å². The van der Waals surface area contributed by atoms with Gasteiger partial charge in [0.15, 0.2) is 0 Å². The average molecular weight is 351 g/mol. The highest BCUT2D eigenvalue weighted by Gasteiger charge is 2.19. The Morgan fingerprint density at radius 1 is 0.846 bits per heavy atom. The summed E-state index contributed by atoms with van der Waals surface area (Å²) in [6, 6.07) is 19.6. The molecule has 1 aliphatic heterocycles. The van der Waals surface area contributed by atoms with Crippen LogP contribution in [0, 0.1) is 0 Å². The van der Waals surface area contributed by atoms with Crippen LogP contribution in [0.4, 0.5) is 5.69 Å². The molecule has 2 aliphatic rings. The van der Waals surface area contributed by atoms with E-state index in [0.717, 1.165) is 52.2 Å². The molecule has 138 valence electrons. The van der Waals surface area contributed by atoms with E-state index in [4.69, 9.17) is 4.74 Å². The summed E-state index contributed by atoms with van der Waals surface area (Å²) in [6.07, 6.45) is 4.99. The lowest BCUT2D eigenvalue weighted by Gasteiger charge is -2.36. The van der Waals surface area contributed by atoms with Crippen molar-refractivity contribution in [1.82, 2.24) is 4.90 Å². The van der Waals surface area contributed by atoms with Crippen LogP contribution in [0.5, 0.6) is 0 Å². The summed E-state index contributed by atoms with van der Waals surface area (Å²) in [6.45, 7) is 6.63. The normalized spacial score (nSPS) is 20.8. The van der Waals surface area contributed by atoms with Crippen molar-refractivity contribution in [2.45, 2.75) is 31.8 Å². The number of aryl methyl sites for hydroxylation is 1. The fraction of sp³-hybridized carbons (Fsp3) is 0.478. The van der Waals surface area contributed by atoms with Gasteiger partial charge in [-0.1, -0.05) is 42.5 Å². The second-order valence-corrected chi connectivity index (χ2v) is 7.52. The van der Waals surface area contributed by atoms with Crippen LogP contribution in [0.2, 0.25) is 0 Å². The van der Waals surface area contributed by atoms with Crippen molar-refractivity contribution >= 4 is 5.69 Å². The minimum atomic E-state index is 0.417. The van der Waals surface area contributed by atoms with Crippen molar-refractivity contribution in [3.8, 4) is 0 Å². The Labute approximate surface area is 157 Å². The average Bonchev–Trinajstić information content (AvgIpc) is 2.72. The highest BCUT2D eigenvalue weighted by Crippen LogP contribution is 2.23. The molecule has 2 aromatic carbocycles. The maximum atomic E-state index is 6.18. The molecule has 4 rings (SSSR count). The third-order valence-electron chi connectivity index (χ3n) is 5.77. The second-order valence-electron chi connectivity index (χ2n) is 7.52. The fourth-order valence-electron chi connectivity index (χ4n) is 4.21. The number of hydrogen-bond acceptors (Lipinski definition) is 3. The molecule has 1 aliphatic carbocycles. The van der Waals surface area contributed by atoms with Gasteiger partial charge in [-0.05, 0) is 48.9 Å². The van der Waals surface area contributed by atoms with Crippen LogP contribution in [0.1, 0.15) is 24.0 Å². The molecule has 0 spiro atoms. The van der Waals surface area contributed by atoms with Gasteiger partial charge in [0.1, 0.15) is 0 Å². The molecule has 0 amide bonds. The van der Waals surface area contributed by atoms with E-state index in [9.17, 15) is 0 Å². The van der Waals surface area contributed by atoms with Crippen LogP contribution in [-0.4, -0.2) is 50.3 Å². The van der Waals surface area contributed by atoms with E-state index in [-0.39, 0.29) is 0 Å². The molecule has 1 atom stereocenters. The number of para-hydroxylation sites is 1. The third-order valence-corrected chi connectivity index (χ3v) is 5.77. The summed E-state index contributed by atoms with van der Waals surface area (Å²) in [5.74, 6) is 0. The largest absolute Gasteiger partial charge is 0.378 e. The Balaban J connectivity index is 1.13. The zero-order valence-electron chi connectivity index (χ0n) is 15.6. The van der Waals surface area contributed by atoms with Gasteiger partial charge >= 0.3 is 0 Å². The number of benzene rings is 2. The minimum absolute atomic E-state index is 0.417. The lowest BCUT2D eigenvalue weighted by atomic mass is 9.90. The topological polar surface area (TPSA) is 15.7 Å². The van der Waals surface area contributed by atoms with Gasteiger partial charge in [-0.15, -0.1) is 0 Å². The molecule has 1 saturated heterocycles. The summed E-state index contributed by atoms with van der Waals surface area (Å²) in [5.41, 5.74) is 4.36. The molecule has 0 N–H and O–H groups in total. The lowest BCUT2D eigenvalue weighted by Crippen LogP contribution is -2.46. The van der Waals surface area contributed by atoms with Crippen molar-refractivity contribution in [3.05, 3.63) is 65.7 Å². The Bertz CT molecular complexity index is 680. The zero-order valence-corrected chi connectivity index (χ0v) is 15.6. The van der Waals surface area contributed by atoms with Crippen molar-refractivity contribution in [1.29, 1.82) is 0 Å². The maximum Gasteiger partial charge on any atom is 0.0618 e. The van der Waals surface area contributed by atoms with Gasteiger partial charge < -0.3 is 9.64 Å². The summed E-state index contributed by atoms with van der Waals surface area (Å²) in [5, 5.41) is 0. The van der Waals surface area contributed by atoms with E-state index < -0.39 is 0 Å². The second kappa shape index (κ2) is 8.70. The standard InChI is InChI=1S/C23H30N2O/c1-2-9-22(10-3-1)25-16-14-24(15-17-25)13-6-18-26-23-12-11-20-7-4-5-8-21(20)19-23/h1-5,7-10,23H,6,11-19H2. The van der Waals surface area contributed by atoms with Crippen molar-refractivity contribution in [2.75, 3.05) is 44.2 Å². The van der Waals surface area contributed by atoms with E-state index in [1.165, 1.54) is 29.7 Å². The molecule has 1 unspecified atom stereocenters. The number of rotatable bonds is 6. The Morgan fingerprint density at radius 2 is 1.58 bits per heavy atom. The predicted octanol–water partition coefficient (Wildman–Crippen LogP) is 3.77. The molecule has 0 radical (unpaired) electrons. The first kappa shape index (κ1) is 17.6. The molecule has 3 nitrogen and oxygen atoms in total. The van der Waals surface area contributed by atoms with Crippen molar-refractivity contribution < 1.29 is 4.74 Å². The van der Waals surface area contributed by atoms with Crippen molar-refractivity contribution in [3.63, 3.8) is 0 Å². The van der Waals surface area contributed by atoms with E-state index in [0.29, 0.717) is 6.10 Å². The van der Waals surface area contributed by atoms with E-state index >= 15 is 0 Å². The van der Waals surface area contributed by atoms with Gasteiger partial charge in [0.25, 0.3) is 0 Å². The molecule has 26 heavy (non-hydrogen) atoms. The number of fused-ring (bicyclic) bond motifs is 1. The summed E-state index contributed by atoms with van der Waals surface area (Å²) < 4.78 is 6.18. The molecule has 1 fully saturated rings. The van der Waals surface area contributed by atoms with Gasteiger partial charge in [-0.25, -0.2) is 0 Å². The lowest BCUT2D eigenvalue weighted by molar-refractivity contribution is 0.0380. The summed E-state index contributed by atoms with van der Waals surface area (Å²) in [4.78, 5) is 5.07. The first-order chi connectivity index (χ1) is 12.9. The first-order valence-corrected chi connectivity index (χ1v) is 10.1. The summed E-state index contributed by atoms with van der Waals surface area (Å²) in [7, 11) is 0. The monoisotopic (exact) mass is 350 g/mol. The molecule has 1 heterocycles. The Morgan fingerprint density at radius 3 is 2.38 bits per heavy atom. The SMILES string of the molecule is c1ccc(N2CCN(CCCOC3CCc4ccccc4C3)CC2)cc1. The molecule has 0 saturated carbocycles. The molecule has 0 aromatic heterocycles. The van der Waals surface area contributed by atoms with Gasteiger partial charge in [-0.2, -0.15) is 0 Å². The minimum Gasteiger partial charge on any atom is -0.378 e. The summed E-state index contributed by atoms with van der Waals surface area (Å²) >= 11 is 0. The molecule has 2 aromatic rings. The van der Waals surface area contributed by atoms with Crippen LogP contribution in [0.25, 0.3) is 0 Å². The van der Waals surface area contributed by atoms with Crippen LogP contribution >= 0.6 is 0 Å². The Kier molecular flexibility index (Phi) is 5.88. The predicted molar refractivity (Wildman–Crippen MR) is 108 cm³/mol.